The summed E-state index contributed by atoms with van der Waals surface area (Å²) in [6.07, 6.45) is -3.11. The molecule has 92 valence electrons. The predicted octanol–water partition coefficient (Wildman–Crippen LogP) is 4.09. The van der Waals surface area contributed by atoms with Crippen LogP contribution < -0.4 is 0 Å². The van der Waals surface area contributed by atoms with E-state index in [9.17, 15) is 13.2 Å². The summed E-state index contributed by atoms with van der Waals surface area (Å²) in [5.41, 5.74) is 1.88. The van der Waals surface area contributed by atoms with Crippen molar-refractivity contribution in [1.29, 1.82) is 0 Å². The number of hydrogen-bond donors (Lipinski definition) is 0. The van der Waals surface area contributed by atoms with Crippen molar-refractivity contribution in [3.8, 4) is 11.5 Å². The molecule has 0 unspecified atom stereocenters. The third-order valence-electron chi connectivity index (χ3n) is 1.72. The first-order chi connectivity index (χ1) is 7.59. The van der Waals surface area contributed by atoms with E-state index in [0.717, 1.165) is 6.07 Å². The van der Waals surface area contributed by atoms with Crippen molar-refractivity contribution in [3.63, 3.8) is 0 Å². The molecular weight excluding hydrogens is 311 g/mol. The first-order valence-corrected chi connectivity index (χ1v) is 9.15. The number of halogens is 4. The highest BCUT2D eigenvalue weighted by Crippen LogP contribution is 2.32. The molecule has 0 amide bonds. The smallest absolute Gasteiger partial charge is 0.246 e. The Labute approximate surface area is 108 Å². The van der Waals surface area contributed by atoms with Crippen LogP contribution in [0.5, 0.6) is 0 Å². The topological polar surface area (TPSA) is 12.9 Å². The second kappa shape index (κ2) is 4.82. The SMILES string of the molecule is C[Si](C)(C)C#Cc1ncc(Br)cc1C(F)(F)F. The maximum absolute atomic E-state index is 12.7. The summed E-state index contributed by atoms with van der Waals surface area (Å²) in [7, 11) is -1.72. The van der Waals surface area contributed by atoms with Crippen LogP contribution in [0.2, 0.25) is 19.6 Å². The monoisotopic (exact) mass is 321 g/mol. The van der Waals surface area contributed by atoms with E-state index in [1.54, 1.807) is 0 Å². The van der Waals surface area contributed by atoms with Gasteiger partial charge in [-0.25, -0.2) is 4.98 Å². The van der Waals surface area contributed by atoms with E-state index in [0.29, 0.717) is 4.47 Å². The molecule has 0 aliphatic heterocycles. The van der Waals surface area contributed by atoms with Crippen molar-refractivity contribution < 1.29 is 13.2 Å². The molecule has 6 heteroatoms. The van der Waals surface area contributed by atoms with Gasteiger partial charge in [-0.3, -0.25) is 0 Å². The lowest BCUT2D eigenvalue weighted by Crippen LogP contribution is -2.17. The Balaban J connectivity index is 3.29. The van der Waals surface area contributed by atoms with Gasteiger partial charge >= 0.3 is 6.18 Å². The summed E-state index contributed by atoms with van der Waals surface area (Å²) in [4.78, 5) is 3.73. The predicted molar refractivity (Wildman–Crippen MR) is 67.2 cm³/mol. The molecule has 17 heavy (non-hydrogen) atoms. The van der Waals surface area contributed by atoms with Gasteiger partial charge in [-0.15, -0.1) is 5.54 Å². The van der Waals surface area contributed by atoms with Gasteiger partial charge in [0, 0.05) is 10.7 Å². The summed E-state index contributed by atoms with van der Waals surface area (Å²) < 4.78 is 38.5. The molecular formula is C11H11BrF3NSi. The second-order valence-electron chi connectivity index (χ2n) is 4.55. The van der Waals surface area contributed by atoms with E-state index in [-0.39, 0.29) is 5.69 Å². The Bertz CT molecular complexity index is 480. The van der Waals surface area contributed by atoms with E-state index in [1.165, 1.54) is 6.20 Å². The molecule has 1 aromatic rings. The zero-order chi connectivity index (χ0) is 13.3. The zero-order valence-electron chi connectivity index (χ0n) is 9.61. The van der Waals surface area contributed by atoms with E-state index in [1.807, 2.05) is 19.6 Å². The molecule has 0 radical (unpaired) electrons. The molecule has 1 heterocycles. The fourth-order valence-corrected chi connectivity index (χ4v) is 1.83. The number of aromatic nitrogens is 1. The van der Waals surface area contributed by atoms with Gasteiger partial charge in [0.05, 0.1) is 5.56 Å². The van der Waals surface area contributed by atoms with Gasteiger partial charge in [-0.1, -0.05) is 25.6 Å². The minimum absolute atomic E-state index is 0.205. The Morgan fingerprint density at radius 2 is 1.88 bits per heavy atom. The number of hydrogen-bond acceptors (Lipinski definition) is 1. The lowest BCUT2D eigenvalue weighted by molar-refractivity contribution is -0.138. The molecule has 1 rings (SSSR count). The van der Waals surface area contributed by atoms with Crippen molar-refractivity contribution in [2.45, 2.75) is 25.8 Å². The van der Waals surface area contributed by atoms with Gasteiger partial charge < -0.3 is 0 Å². The van der Waals surface area contributed by atoms with Crippen LogP contribution in [0, 0.1) is 11.5 Å². The highest BCUT2D eigenvalue weighted by atomic mass is 79.9. The van der Waals surface area contributed by atoms with Gasteiger partial charge in [0.1, 0.15) is 13.8 Å². The maximum Gasteiger partial charge on any atom is 0.419 e. The molecule has 0 atom stereocenters. The van der Waals surface area contributed by atoms with Crippen LogP contribution in [0.3, 0.4) is 0 Å². The molecule has 0 N–H and O–H groups in total. The highest BCUT2D eigenvalue weighted by Gasteiger charge is 2.34. The van der Waals surface area contributed by atoms with E-state index >= 15 is 0 Å². The van der Waals surface area contributed by atoms with Crippen LogP contribution in [0.25, 0.3) is 0 Å². The molecule has 0 aliphatic carbocycles. The molecule has 1 nitrogen and oxygen atoms in total. The van der Waals surface area contributed by atoms with Crippen molar-refractivity contribution in [2.24, 2.45) is 0 Å². The molecule has 0 fully saturated rings. The molecule has 0 spiro atoms. The number of nitrogens with zero attached hydrogens (tertiary/aromatic N) is 1. The van der Waals surface area contributed by atoms with Gasteiger partial charge in [0.15, 0.2) is 0 Å². The van der Waals surface area contributed by atoms with Crippen molar-refractivity contribution in [1.82, 2.24) is 4.98 Å². The van der Waals surface area contributed by atoms with Gasteiger partial charge in [-0.05, 0) is 22.0 Å². The number of rotatable bonds is 0. The lowest BCUT2D eigenvalue weighted by atomic mass is 10.2. The standard InChI is InChI=1S/C11H11BrF3NSi/c1-17(2,3)5-4-10-9(11(13,14)15)6-8(12)7-16-10/h6-7H,1-3H3. The fraction of sp³-hybridized carbons (Fsp3) is 0.364. The summed E-state index contributed by atoms with van der Waals surface area (Å²) in [5.74, 6) is 2.55. The minimum Gasteiger partial charge on any atom is -0.246 e. The zero-order valence-corrected chi connectivity index (χ0v) is 12.2. The van der Waals surface area contributed by atoms with Crippen molar-refractivity contribution in [3.05, 3.63) is 28.0 Å². The first-order valence-electron chi connectivity index (χ1n) is 4.85. The van der Waals surface area contributed by atoms with E-state index in [2.05, 4.69) is 32.4 Å². The maximum atomic E-state index is 12.7. The Morgan fingerprint density at radius 1 is 1.29 bits per heavy atom. The Kier molecular flexibility index (Phi) is 4.05. The number of alkyl halides is 3. The summed E-state index contributed by atoms with van der Waals surface area (Å²) in [5, 5.41) is 0. The minimum atomic E-state index is -4.43. The van der Waals surface area contributed by atoms with Crippen LogP contribution in [0.4, 0.5) is 13.2 Å². The van der Waals surface area contributed by atoms with Crippen LogP contribution in [0.1, 0.15) is 11.3 Å². The third-order valence-corrected chi connectivity index (χ3v) is 3.02. The van der Waals surface area contributed by atoms with Crippen molar-refractivity contribution in [2.75, 3.05) is 0 Å². The number of pyridine rings is 1. The molecule has 0 saturated heterocycles. The normalized spacial score (nSPS) is 11.9. The van der Waals surface area contributed by atoms with Gasteiger partial charge in [0.2, 0.25) is 0 Å². The van der Waals surface area contributed by atoms with Crippen LogP contribution in [0.15, 0.2) is 16.7 Å². The molecule has 1 aromatic heterocycles. The summed E-state index contributed by atoms with van der Waals surface area (Å²) in [6.45, 7) is 5.89. The van der Waals surface area contributed by atoms with Gasteiger partial charge in [-0.2, -0.15) is 13.2 Å². The average molecular weight is 322 g/mol. The highest BCUT2D eigenvalue weighted by molar-refractivity contribution is 9.10. The molecule has 0 saturated carbocycles. The van der Waals surface area contributed by atoms with Crippen LogP contribution in [-0.2, 0) is 6.18 Å². The lowest BCUT2D eigenvalue weighted by Gasteiger charge is -2.09. The summed E-state index contributed by atoms with van der Waals surface area (Å²) >= 11 is 2.98. The van der Waals surface area contributed by atoms with Crippen molar-refractivity contribution >= 4 is 24.0 Å². The largest absolute Gasteiger partial charge is 0.419 e. The Morgan fingerprint density at radius 3 is 2.35 bits per heavy atom. The molecule has 0 aliphatic rings. The fourth-order valence-electron chi connectivity index (χ4n) is 1.00. The average Bonchev–Trinajstić information content (AvgIpc) is 2.13. The second-order valence-corrected chi connectivity index (χ2v) is 10.2. The molecule has 0 aromatic carbocycles. The molecule has 0 bridgehead atoms. The van der Waals surface area contributed by atoms with E-state index < -0.39 is 19.8 Å². The third kappa shape index (κ3) is 4.52. The van der Waals surface area contributed by atoms with Gasteiger partial charge in [0.25, 0.3) is 0 Å². The van der Waals surface area contributed by atoms with Crippen LogP contribution in [-0.4, -0.2) is 13.1 Å². The van der Waals surface area contributed by atoms with E-state index in [4.69, 9.17) is 0 Å². The first kappa shape index (κ1) is 14.3. The van der Waals surface area contributed by atoms with Crippen LogP contribution >= 0.6 is 15.9 Å². The Hall–Kier alpha value is -0.803. The summed E-state index contributed by atoms with van der Waals surface area (Å²) in [6, 6.07) is 1.00. The quantitative estimate of drug-likeness (QED) is 0.518.